The summed E-state index contributed by atoms with van der Waals surface area (Å²) < 4.78 is 5.14. The first-order valence-electron chi connectivity index (χ1n) is 8.10. The Morgan fingerprint density at radius 1 is 1.19 bits per heavy atom. The van der Waals surface area contributed by atoms with Gasteiger partial charge in [-0.1, -0.05) is 35.9 Å². The second kappa shape index (κ2) is 7.58. The summed E-state index contributed by atoms with van der Waals surface area (Å²) in [4.78, 5) is 38.3. The van der Waals surface area contributed by atoms with Gasteiger partial charge in [0.05, 0.1) is 22.0 Å². The zero-order valence-electron chi connectivity index (χ0n) is 14.1. The third kappa shape index (κ3) is 3.70. The molecule has 2 aromatic rings. The highest BCUT2D eigenvalue weighted by Crippen LogP contribution is 2.31. The number of ether oxygens (including phenoxy) is 1. The van der Waals surface area contributed by atoms with Crippen LogP contribution in [0.1, 0.15) is 23.7 Å². The first kappa shape index (κ1) is 17.9. The number of carbonyl (C=O) groups excluding carboxylic acids is 3. The summed E-state index contributed by atoms with van der Waals surface area (Å²) >= 11 is 5.97. The van der Waals surface area contributed by atoms with Crippen molar-refractivity contribution in [1.82, 2.24) is 0 Å². The number of fused-ring (bicyclic) bond motifs is 1. The van der Waals surface area contributed by atoms with Gasteiger partial charge in [0.1, 0.15) is 0 Å². The van der Waals surface area contributed by atoms with Crippen LogP contribution in [0.15, 0.2) is 48.5 Å². The second-order valence-corrected chi connectivity index (χ2v) is 6.35. The lowest BCUT2D eigenvalue weighted by molar-refractivity contribution is -0.122. The number of hydrogen-bond acceptors (Lipinski definition) is 4. The van der Waals surface area contributed by atoms with E-state index in [0.29, 0.717) is 11.4 Å². The minimum absolute atomic E-state index is 0.152. The zero-order chi connectivity index (χ0) is 18.7. The molecule has 1 aliphatic heterocycles. The van der Waals surface area contributed by atoms with E-state index in [-0.39, 0.29) is 29.0 Å². The first-order chi connectivity index (χ1) is 12.5. The van der Waals surface area contributed by atoms with Crippen molar-refractivity contribution >= 4 is 40.8 Å². The Kier molecular flexibility index (Phi) is 5.23. The van der Waals surface area contributed by atoms with Crippen LogP contribution in [0.4, 0.5) is 11.4 Å². The number of halogens is 1. The number of anilines is 2. The molecule has 3 rings (SSSR count). The normalized spacial score (nSPS) is 16.3. The highest BCUT2D eigenvalue weighted by atomic mass is 35.5. The standard InChI is InChI=1S/C19H17ClN2O4/c1-12-10-17(23)21-15-8-4-5-9-16(15)22(12)18(24)11-26-19(25)13-6-2-3-7-14(13)20/h2-9,12H,10-11H2,1H3,(H,21,23)/t12-/m0/s1. The molecule has 7 heteroatoms. The molecule has 26 heavy (non-hydrogen) atoms. The van der Waals surface area contributed by atoms with E-state index in [1.165, 1.54) is 11.0 Å². The quantitative estimate of drug-likeness (QED) is 0.839. The Morgan fingerprint density at radius 3 is 2.65 bits per heavy atom. The lowest BCUT2D eigenvalue weighted by Crippen LogP contribution is -2.41. The molecule has 0 aliphatic carbocycles. The van der Waals surface area contributed by atoms with Gasteiger partial charge in [0.25, 0.3) is 5.91 Å². The number of hydrogen-bond donors (Lipinski definition) is 1. The largest absolute Gasteiger partial charge is 0.452 e. The Hall–Kier alpha value is -2.86. The highest BCUT2D eigenvalue weighted by molar-refractivity contribution is 6.33. The monoisotopic (exact) mass is 372 g/mol. The van der Waals surface area contributed by atoms with E-state index in [4.69, 9.17) is 16.3 Å². The Bertz CT molecular complexity index is 868. The molecule has 2 amide bonds. The van der Waals surface area contributed by atoms with E-state index < -0.39 is 18.5 Å². The van der Waals surface area contributed by atoms with Crippen LogP contribution in [0.25, 0.3) is 0 Å². The van der Waals surface area contributed by atoms with Crippen LogP contribution in [-0.2, 0) is 14.3 Å². The van der Waals surface area contributed by atoms with E-state index in [1.54, 1.807) is 49.4 Å². The Morgan fingerprint density at radius 2 is 1.88 bits per heavy atom. The van der Waals surface area contributed by atoms with E-state index in [9.17, 15) is 14.4 Å². The summed E-state index contributed by atoms with van der Waals surface area (Å²) in [6.45, 7) is 1.33. The number of nitrogens with one attached hydrogen (secondary N) is 1. The number of para-hydroxylation sites is 2. The molecule has 6 nitrogen and oxygen atoms in total. The van der Waals surface area contributed by atoms with Gasteiger partial charge in [-0.2, -0.15) is 0 Å². The lowest BCUT2D eigenvalue weighted by atomic mass is 10.1. The highest BCUT2D eigenvalue weighted by Gasteiger charge is 2.30. The van der Waals surface area contributed by atoms with Crippen LogP contribution in [-0.4, -0.2) is 30.4 Å². The molecule has 2 aromatic carbocycles. The fraction of sp³-hybridized carbons (Fsp3) is 0.211. The fourth-order valence-electron chi connectivity index (χ4n) is 2.87. The van der Waals surface area contributed by atoms with Gasteiger partial charge in [-0.15, -0.1) is 0 Å². The Labute approximate surface area is 155 Å². The minimum atomic E-state index is -0.672. The van der Waals surface area contributed by atoms with Crippen LogP contribution >= 0.6 is 11.6 Å². The van der Waals surface area contributed by atoms with Gasteiger partial charge < -0.3 is 15.0 Å². The van der Waals surface area contributed by atoms with E-state index in [0.717, 1.165) is 0 Å². The zero-order valence-corrected chi connectivity index (χ0v) is 14.8. The maximum absolute atomic E-state index is 12.7. The summed E-state index contributed by atoms with van der Waals surface area (Å²) in [5, 5.41) is 3.04. The molecule has 0 fully saturated rings. The molecule has 0 bridgehead atoms. The van der Waals surface area contributed by atoms with Crippen molar-refractivity contribution in [3.8, 4) is 0 Å². The van der Waals surface area contributed by atoms with Crippen LogP contribution < -0.4 is 10.2 Å². The molecule has 1 heterocycles. The number of carbonyl (C=O) groups is 3. The Balaban J connectivity index is 1.77. The van der Waals surface area contributed by atoms with Gasteiger partial charge in [0.15, 0.2) is 6.61 Å². The summed E-state index contributed by atoms with van der Waals surface area (Å²) in [6, 6.07) is 13.1. The van der Waals surface area contributed by atoms with Crippen molar-refractivity contribution in [2.45, 2.75) is 19.4 Å². The van der Waals surface area contributed by atoms with Crippen molar-refractivity contribution in [3.63, 3.8) is 0 Å². The van der Waals surface area contributed by atoms with Crippen LogP contribution in [0.2, 0.25) is 5.02 Å². The van der Waals surface area contributed by atoms with Crippen molar-refractivity contribution in [2.24, 2.45) is 0 Å². The first-order valence-corrected chi connectivity index (χ1v) is 8.47. The number of benzene rings is 2. The van der Waals surface area contributed by atoms with Gasteiger partial charge in [-0.05, 0) is 31.2 Å². The molecule has 0 radical (unpaired) electrons. The number of esters is 1. The van der Waals surface area contributed by atoms with Gasteiger partial charge in [0, 0.05) is 12.5 Å². The molecule has 0 saturated carbocycles. The summed E-state index contributed by atoms with van der Waals surface area (Å²) in [5.74, 6) is -1.26. The third-order valence-electron chi connectivity index (χ3n) is 4.05. The van der Waals surface area contributed by atoms with Crippen molar-refractivity contribution < 1.29 is 19.1 Å². The minimum Gasteiger partial charge on any atom is -0.452 e. The van der Waals surface area contributed by atoms with Crippen LogP contribution in [0, 0.1) is 0 Å². The summed E-state index contributed by atoms with van der Waals surface area (Å²) in [7, 11) is 0. The molecule has 134 valence electrons. The molecule has 0 unspecified atom stereocenters. The van der Waals surface area contributed by atoms with Crippen LogP contribution in [0.5, 0.6) is 0 Å². The molecule has 1 atom stereocenters. The molecule has 0 saturated heterocycles. The van der Waals surface area contributed by atoms with Gasteiger partial charge in [0.2, 0.25) is 5.91 Å². The fourth-order valence-corrected chi connectivity index (χ4v) is 3.08. The molecular weight excluding hydrogens is 356 g/mol. The summed E-state index contributed by atoms with van der Waals surface area (Å²) in [6.07, 6.45) is 0.152. The average molecular weight is 373 g/mol. The molecule has 0 aromatic heterocycles. The number of nitrogens with zero attached hydrogens (tertiary/aromatic N) is 1. The summed E-state index contributed by atoms with van der Waals surface area (Å²) in [5.41, 5.74) is 1.32. The molecule has 1 N–H and O–H groups in total. The second-order valence-electron chi connectivity index (χ2n) is 5.94. The lowest BCUT2D eigenvalue weighted by Gasteiger charge is -2.27. The van der Waals surface area contributed by atoms with E-state index in [2.05, 4.69) is 5.32 Å². The average Bonchev–Trinajstić information content (AvgIpc) is 2.74. The third-order valence-corrected chi connectivity index (χ3v) is 4.38. The van der Waals surface area contributed by atoms with Crippen molar-refractivity contribution in [3.05, 3.63) is 59.1 Å². The smallest absolute Gasteiger partial charge is 0.340 e. The topological polar surface area (TPSA) is 75.7 Å². The van der Waals surface area contributed by atoms with E-state index >= 15 is 0 Å². The maximum atomic E-state index is 12.7. The van der Waals surface area contributed by atoms with Crippen molar-refractivity contribution in [2.75, 3.05) is 16.8 Å². The number of rotatable bonds is 3. The van der Waals surface area contributed by atoms with Crippen molar-refractivity contribution in [1.29, 1.82) is 0 Å². The molecule has 1 aliphatic rings. The number of amides is 2. The molecule has 0 spiro atoms. The molecular formula is C19H17ClN2O4. The predicted octanol–water partition coefficient (Wildman–Crippen LogP) is 3.26. The van der Waals surface area contributed by atoms with Gasteiger partial charge >= 0.3 is 5.97 Å². The SMILES string of the molecule is C[C@H]1CC(=O)Nc2ccccc2N1C(=O)COC(=O)c1ccccc1Cl. The maximum Gasteiger partial charge on any atom is 0.340 e. The predicted molar refractivity (Wildman–Crippen MR) is 98.4 cm³/mol. The van der Waals surface area contributed by atoms with E-state index in [1.807, 2.05) is 0 Å². The van der Waals surface area contributed by atoms with Crippen LogP contribution in [0.3, 0.4) is 0 Å². The van der Waals surface area contributed by atoms with Gasteiger partial charge in [-0.3, -0.25) is 9.59 Å². The van der Waals surface area contributed by atoms with Gasteiger partial charge in [-0.25, -0.2) is 4.79 Å².